The van der Waals surface area contributed by atoms with Gasteiger partial charge < -0.3 is 20.2 Å². The summed E-state index contributed by atoms with van der Waals surface area (Å²) in [6, 6.07) is 7.93. The highest BCUT2D eigenvalue weighted by Crippen LogP contribution is 2.54. The van der Waals surface area contributed by atoms with Crippen molar-refractivity contribution in [3.8, 4) is 0 Å². The van der Waals surface area contributed by atoms with Crippen LogP contribution in [0.5, 0.6) is 0 Å². The summed E-state index contributed by atoms with van der Waals surface area (Å²) >= 11 is 0. The summed E-state index contributed by atoms with van der Waals surface area (Å²) in [6.07, 6.45) is 2.64. The fourth-order valence-corrected chi connectivity index (χ4v) is 10.1. The fraction of sp³-hybridized carbons (Fsp3) is 0.488. The smallest absolute Gasteiger partial charge is 0.386 e. The number of nitrogens with one attached hydrogen (secondary N) is 2. The Labute approximate surface area is 353 Å². The molecule has 3 saturated carbocycles. The van der Waals surface area contributed by atoms with Gasteiger partial charge in [0.1, 0.15) is 17.1 Å². The van der Waals surface area contributed by atoms with E-state index in [0.29, 0.717) is 42.6 Å². The molecule has 4 aromatic rings. The number of alkyl halides is 3. The molecule has 19 heteroatoms. The highest BCUT2D eigenvalue weighted by molar-refractivity contribution is 6.06. The van der Waals surface area contributed by atoms with E-state index in [1.807, 2.05) is 15.8 Å². The molecule has 0 unspecified atom stereocenters. The zero-order valence-electron chi connectivity index (χ0n) is 34.2. The first-order valence-corrected chi connectivity index (χ1v) is 20.8. The number of pyridine rings is 1. The van der Waals surface area contributed by atoms with Crippen LogP contribution in [0.3, 0.4) is 0 Å². The van der Waals surface area contributed by atoms with Crippen LogP contribution in [0.1, 0.15) is 80.5 Å². The standard InChI is InChI=1S/C43H46F5N9O5/c1-40(2,62)28-21-32-25(18-33(28)50-37(59)31-4-3-5-34(49-31)43(46,47)48)24-57(52-32)42-10-7-41(8-11-42,9-12-42)55-16-14-53(15-17-55)38(60)26-22-54(23-26)27-19-29(44)36(30(45)20-27)56-13-6-35(58)51-39(56)61/h3-5,18-21,24,26,62H,6-17,22-23H2,1-2H3,(H,50,59)(H,51,58,61). The van der Waals surface area contributed by atoms with Gasteiger partial charge in [0.15, 0.2) is 11.6 Å². The Morgan fingerprint density at radius 1 is 0.887 bits per heavy atom. The third-order valence-electron chi connectivity index (χ3n) is 13.7. The van der Waals surface area contributed by atoms with Gasteiger partial charge in [0, 0.05) is 86.3 Å². The number of halogens is 5. The molecule has 5 heterocycles. The summed E-state index contributed by atoms with van der Waals surface area (Å²) in [4.78, 5) is 60.9. The molecule has 5 amide bonds. The number of benzene rings is 2. The molecular weight excluding hydrogens is 818 g/mol. The molecule has 3 N–H and O–H groups in total. The molecule has 14 nitrogen and oxygen atoms in total. The van der Waals surface area contributed by atoms with Crippen LogP contribution in [0, 0.1) is 17.6 Å². The molecule has 62 heavy (non-hydrogen) atoms. The van der Waals surface area contributed by atoms with E-state index < -0.39 is 58.3 Å². The van der Waals surface area contributed by atoms with E-state index in [2.05, 4.69) is 20.5 Å². The number of aliphatic hydroxyl groups is 1. The monoisotopic (exact) mass is 863 g/mol. The predicted molar refractivity (Wildman–Crippen MR) is 216 cm³/mol. The van der Waals surface area contributed by atoms with Crippen LogP contribution in [0.25, 0.3) is 10.9 Å². The minimum absolute atomic E-state index is 0.00439. The molecule has 3 aliphatic heterocycles. The Morgan fingerprint density at radius 2 is 1.53 bits per heavy atom. The Bertz CT molecular complexity index is 2440. The summed E-state index contributed by atoms with van der Waals surface area (Å²) in [5, 5.41) is 21.5. The van der Waals surface area contributed by atoms with E-state index in [1.165, 1.54) is 6.07 Å². The maximum atomic E-state index is 15.1. The van der Waals surface area contributed by atoms with E-state index in [-0.39, 0.29) is 47.2 Å². The number of imide groups is 1. The topological polar surface area (TPSA) is 156 Å². The Kier molecular flexibility index (Phi) is 10.1. The number of anilines is 3. The van der Waals surface area contributed by atoms with Gasteiger partial charge in [-0.2, -0.15) is 18.3 Å². The van der Waals surface area contributed by atoms with Crippen LogP contribution in [-0.2, 0) is 26.9 Å². The molecule has 2 bridgehead atoms. The number of rotatable bonds is 8. The van der Waals surface area contributed by atoms with Crippen LogP contribution in [0.15, 0.2) is 48.7 Å². The molecule has 3 aliphatic carbocycles. The van der Waals surface area contributed by atoms with Gasteiger partial charge in [0.05, 0.1) is 22.6 Å². The van der Waals surface area contributed by atoms with Gasteiger partial charge in [-0.15, -0.1) is 0 Å². The largest absolute Gasteiger partial charge is 0.433 e. The summed E-state index contributed by atoms with van der Waals surface area (Å²) in [6.45, 7) is 6.25. The Balaban J connectivity index is 0.811. The molecule has 0 radical (unpaired) electrons. The van der Waals surface area contributed by atoms with Gasteiger partial charge in [-0.1, -0.05) is 6.07 Å². The second kappa shape index (κ2) is 15.0. The molecule has 2 aromatic carbocycles. The quantitative estimate of drug-likeness (QED) is 0.188. The van der Waals surface area contributed by atoms with Crippen molar-refractivity contribution in [3.05, 3.63) is 77.2 Å². The lowest BCUT2D eigenvalue weighted by Crippen LogP contribution is -2.64. The highest BCUT2D eigenvalue weighted by atomic mass is 19.4. The van der Waals surface area contributed by atoms with Crippen molar-refractivity contribution in [1.29, 1.82) is 0 Å². The van der Waals surface area contributed by atoms with Gasteiger partial charge in [-0.05, 0) is 88.8 Å². The normalized spacial score (nSPS) is 23.8. The second-order valence-electron chi connectivity index (χ2n) is 17.8. The van der Waals surface area contributed by atoms with Crippen molar-refractivity contribution in [2.75, 3.05) is 60.9 Å². The Hall–Kier alpha value is -5.69. The molecule has 10 rings (SSSR count). The number of hydrogen-bond donors (Lipinski definition) is 3. The van der Waals surface area contributed by atoms with Gasteiger partial charge in [-0.25, -0.2) is 18.6 Å². The molecule has 328 valence electrons. The first kappa shape index (κ1) is 41.7. The summed E-state index contributed by atoms with van der Waals surface area (Å²) in [5.41, 5.74) is -2.26. The average molecular weight is 864 g/mol. The summed E-state index contributed by atoms with van der Waals surface area (Å²) < 4.78 is 72.2. The summed E-state index contributed by atoms with van der Waals surface area (Å²) in [7, 11) is 0. The van der Waals surface area contributed by atoms with Crippen molar-refractivity contribution in [2.45, 2.75) is 81.6 Å². The molecule has 0 atom stereocenters. The number of carbonyl (C=O) groups is 4. The third-order valence-corrected chi connectivity index (χ3v) is 13.7. The Morgan fingerprint density at radius 3 is 2.15 bits per heavy atom. The van der Waals surface area contributed by atoms with E-state index in [4.69, 9.17) is 5.10 Å². The van der Waals surface area contributed by atoms with Crippen molar-refractivity contribution in [2.24, 2.45) is 5.92 Å². The molecular formula is C43H46F5N9O5. The first-order chi connectivity index (χ1) is 29.3. The lowest BCUT2D eigenvalue weighted by molar-refractivity contribution is -0.141. The third kappa shape index (κ3) is 7.41. The maximum absolute atomic E-state index is 15.1. The lowest BCUT2D eigenvalue weighted by Gasteiger charge is -2.59. The van der Waals surface area contributed by atoms with Crippen molar-refractivity contribution >= 4 is 51.7 Å². The number of nitrogens with zero attached hydrogens (tertiary/aromatic N) is 7. The maximum Gasteiger partial charge on any atom is 0.433 e. The summed E-state index contributed by atoms with van der Waals surface area (Å²) in [5.74, 6) is -3.48. The highest BCUT2D eigenvalue weighted by Gasteiger charge is 2.53. The van der Waals surface area contributed by atoms with E-state index in [0.717, 1.165) is 80.8 Å². The second-order valence-corrected chi connectivity index (χ2v) is 17.8. The minimum atomic E-state index is -4.72. The van der Waals surface area contributed by atoms with Crippen molar-refractivity contribution in [3.63, 3.8) is 0 Å². The van der Waals surface area contributed by atoms with Crippen LogP contribution >= 0.6 is 0 Å². The van der Waals surface area contributed by atoms with Crippen molar-refractivity contribution < 1.29 is 46.2 Å². The van der Waals surface area contributed by atoms with Gasteiger partial charge in [-0.3, -0.25) is 34.2 Å². The number of aromatic nitrogens is 3. The number of amides is 5. The minimum Gasteiger partial charge on any atom is -0.386 e. The molecule has 6 aliphatic rings. The zero-order valence-corrected chi connectivity index (χ0v) is 34.2. The van der Waals surface area contributed by atoms with E-state index >= 15 is 8.78 Å². The molecule has 2 aromatic heterocycles. The van der Waals surface area contributed by atoms with Gasteiger partial charge in [0.2, 0.25) is 11.8 Å². The molecule has 6 fully saturated rings. The van der Waals surface area contributed by atoms with Crippen LogP contribution in [0.2, 0.25) is 0 Å². The first-order valence-electron chi connectivity index (χ1n) is 20.8. The van der Waals surface area contributed by atoms with Crippen LogP contribution < -0.4 is 20.4 Å². The average Bonchev–Trinajstić information content (AvgIpc) is 3.65. The number of piperazine rings is 1. The van der Waals surface area contributed by atoms with Crippen LogP contribution in [-0.4, -0.2) is 105 Å². The lowest BCUT2D eigenvalue weighted by atomic mass is 9.60. The van der Waals surface area contributed by atoms with Crippen molar-refractivity contribution in [1.82, 2.24) is 29.9 Å². The number of carbonyl (C=O) groups excluding carboxylic acids is 4. The molecule has 0 spiro atoms. The SMILES string of the molecule is CC(C)(O)c1cc2nn(C34CCC(N5CCN(C(=O)C6CN(c7cc(F)c(N8CCC(=O)NC8=O)c(F)c7)C6)CC5)(CC3)CC4)cc2cc1NC(=O)c1cccc(C(F)(F)F)n1. The fourth-order valence-electron chi connectivity index (χ4n) is 10.1. The van der Waals surface area contributed by atoms with Gasteiger partial charge >= 0.3 is 12.2 Å². The van der Waals surface area contributed by atoms with E-state index in [1.54, 1.807) is 30.9 Å². The van der Waals surface area contributed by atoms with Gasteiger partial charge in [0.25, 0.3) is 5.91 Å². The number of hydrogen-bond acceptors (Lipinski definition) is 9. The molecule has 3 saturated heterocycles. The van der Waals surface area contributed by atoms with E-state index in [9.17, 15) is 37.5 Å². The van der Waals surface area contributed by atoms with Crippen LogP contribution in [0.4, 0.5) is 43.8 Å². The number of fused-ring (bicyclic) bond motifs is 4. The predicted octanol–water partition coefficient (Wildman–Crippen LogP) is 5.74. The number of urea groups is 1. The zero-order chi connectivity index (χ0) is 43.9.